The van der Waals surface area contributed by atoms with Crippen molar-refractivity contribution < 1.29 is 0 Å². The molecule has 0 amide bonds. The summed E-state index contributed by atoms with van der Waals surface area (Å²) >= 11 is 0. The Morgan fingerprint density at radius 1 is 1.32 bits per heavy atom. The fourth-order valence-corrected chi connectivity index (χ4v) is 2.19. The molecule has 1 aliphatic rings. The summed E-state index contributed by atoms with van der Waals surface area (Å²) in [6.07, 6.45) is 4.80. The first kappa shape index (κ1) is 12.4. The van der Waals surface area contributed by atoms with E-state index < -0.39 is 0 Å². The Kier molecular flexibility index (Phi) is 3.60. The summed E-state index contributed by atoms with van der Waals surface area (Å²) in [5.74, 6) is 0.901. The number of nitrogens with zero attached hydrogens (tertiary/aromatic N) is 3. The lowest BCUT2D eigenvalue weighted by Crippen LogP contribution is -2.16. The third-order valence-electron chi connectivity index (χ3n) is 3.67. The number of benzene rings is 1. The molecule has 1 fully saturated rings. The van der Waals surface area contributed by atoms with Crippen molar-refractivity contribution in [3.63, 3.8) is 0 Å². The normalized spacial score (nSPS) is 16.5. The highest BCUT2D eigenvalue weighted by molar-refractivity contribution is 5.18. The van der Waals surface area contributed by atoms with Crippen molar-refractivity contribution in [1.29, 1.82) is 0 Å². The van der Waals surface area contributed by atoms with Gasteiger partial charge in [-0.1, -0.05) is 35.5 Å². The van der Waals surface area contributed by atoms with Crippen molar-refractivity contribution in [1.82, 2.24) is 20.3 Å². The second kappa shape index (κ2) is 5.53. The van der Waals surface area contributed by atoms with Crippen LogP contribution in [0.5, 0.6) is 0 Å². The van der Waals surface area contributed by atoms with E-state index in [2.05, 4.69) is 46.8 Å². The lowest BCUT2D eigenvalue weighted by atomic mass is 10.1. The maximum Gasteiger partial charge on any atom is 0.0965 e. The van der Waals surface area contributed by atoms with Gasteiger partial charge in [0.25, 0.3) is 0 Å². The zero-order valence-electron chi connectivity index (χ0n) is 11.3. The SMILES string of the molecule is CC(c1ccccc1)n1cc(CNCC2CC2)nn1. The van der Waals surface area contributed by atoms with Crippen molar-refractivity contribution in [3.05, 3.63) is 47.8 Å². The van der Waals surface area contributed by atoms with E-state index in [4.69, 9.17) is 0 Å². The van der Waals surface area contributed by atoms with Crippen LogP contribution >= 0.6 is 0 Å². The molecule has 4 heteroatoms. The van der Waals surface area contributed by atoms with E-state index in [1.807, 2.05) is 16.9 Å². The van der Waals surface area contributed by atoms with Crippen LogP contribution in [0.2, 0.25) is 0 Å². The maximum atomic E-state index is 4.23. The summed E-state index contributed by atoms with van der Waals surface area (Å²) in [7, 11) is 0. The predicted octanol–water partition coefficient (Wildman–Crippen LogP) is 2.39. The summed E-state index contributed by atoms with van der Waals surface area (Å²) in [4.78, 5) is 0. The Balaban J connectivity index is 1.60. The predicted molar refractivity (Wildman–Crippen MR) is 74.7 cm³/mol. The molecule has 1 aromatic heterocycles. The minimum Gasteiger partial charge on any atom is -0.311 e. The van der Waals surface area contributed by atoms with Gasteiger partial charge >= 0.3 is 0 Å². The molecular formula is C15H20N4. The van der Waals surface area contributed by atoms with Crippen LogP contribution in [0.25, 0.3) is 0 Å². The van der Waals surface area contributed by atoms with E-state index in [1.165, 1.54) is 18.4 Å². The highest BCUT2D eigenvalue weighted by Gasteiger charge is 2.20. The fraction of sp³-hybridized carbons (Fsp3) is 0.467. The van der Waals surface area contributed by atoms with Crippen molar-refractivity contribution >= 4 is 0 Å². The number of hydrogen-bond acceptors (Lipinski definition) is 3. The molecule has 1 unspecified atom stereocenters. The Morgan fingerprint density at radius 2 is 2.11 bits per heavy atom. The van der Waals surface area contributed by atoms with Gasteiger partial charge in [-0.25, -0.2) is 4.68 Å². The Morgan fingerprint density at radius 3 is 2.84 bits per heavy atom. The molecule has 1 aromatic carbocycles. The van der Waals surface area contributed by atoms with Crippen LogP contribution in [0, 0.1) is 5.92 Å². The van der Waals surface area contributed by atoms with Gasteiger partial charge in [-0.05, 0) is 37.8 Å². The lowest BCUT2D eigenvalue weighted by molar-refractivity contribution is 0.543. The van der Waals surface area contributed by atoms with Crippen molar-refractivity contribution in [2.45, 2.75) is 32.4 Å². The molecule has 100 valence electrons. The molecule has 0 bridgehead atoms. The molecule has 4 nitrogen and oxygen atoms in total. The number of nitrogens with one attached hydrogen (secondary N) is 1. The maximum absolute atomic E-state index is 4.23. The summed E-state index contributed by atoms with van der Waals surface area (Å²) in [6.45, 7) is 4.07. The zero-order chi connectivity index (χ0) is 13.1. The molecule has 1 heterocycles. The quantitative estimate of drug-likeness (QED) is 0.863. The Bertz CT molecular complexity index is 516. The zero-order valence-corrected chi connectivity index (χ0v) is 11.3. The third kappa shape index (κ3) is 3.20. The van der Waals surface area contributed by atoms with Crippen molar-refractivity contribution in [2.75, 3.05) is 6.54 Å². The highest BCUT2D eigenvalue weighted by atomic mass is 15.4. The van der Waals surface area contributed by atoms with Gasteiger partial charge in [0.2, 0.25) is 0 Å². The number of hydrogen-bond donors (Lipinski definition) is 1. The van der Waals surface area contributed by atoms with E-state index in [0.29, 0.717) is 0 Å². The van der Waals surface area contributed by atoms with Crippen LogP contribution in [0.15, 0.2) is 36.5 Å². The van der Waals surface area contributed by atoms with Crippen LogP contribution in [0.4, 0.5) is 0 Å². The molecule has 0 spiro atoms. The number of rotatable bonds is 6. The van der Waals surface area contributed by atoms with Gasteiger partial charge in [0, 0.05) is 6.54 Å². The summed E-state index contributed by atoms with van der Waals surface area (Å²) in [6, 6.07) is 10.6. The van der Waals surface area contributed by atoms with Crippen LogP contribution in [0.1, 0.15) is 37.1 Å². The molecule has 0 saturated heterocycles. The second-order valence-corrected chi connectivity index (χ2v) is 5.35. The standard InChI is InChI=1S/C15H20N4/c1-12(14-5-3-2-4-6-14)19-11-15(17-18-19)10-16-9-13-7-8-13/h2-6,11-13,16H,7-10H2,1H3. The average molecular weight is 256 g/mol. The first-order chi connectivity index (χ1) is 9.33. The van der Waals surface area contributed by atoms with E-state index in [9.17, 15) is 0 Å². The van der Waals surface area contributed by atoms with Gasteiger partial charge in [-0.15, -0.1) is 5.10 Å². The van der Waals surface area contributed by atoms with Crippen LogP contribution in [-0.2, 0) is 6.54 Å². The lowest BCUT2D eigenvalue weighted by Gasteiger charge is -2.10. The van der Waals surface area contributed by atoms with Gasteiger partial charge in [0.05, 0.1) is 17.9 Å². The van der Waals surface area contributed by atoms with Gasteiger partial charge in [-0.3, -0.25) is 0 Å². The molecule has 1 saturated carbocycles. The molecule has 19 heavy (non-hydrogen) atoms. The summed E-state index contributed by atoms with van der Waals surface area (Å²) in [5, 5.41) is 11.9. The second-order valence-electron chi connectivity index (χ2n) is 5.35. The fourth-order valence-electron chi connectivity index (χ4n) is 2.19. The number of aromatic nitrogens is 3. The van der Waals surface area contributed by atoms with Gasteiger partial charge in [0.15, 0.2) is 0 Å². The Labute approximate surface area is 113 Å². The summed E-state index contributed by atoms with van der Waals surface area (Å²) < 4.78 is 1.93. The molecule has 3 rings (SSSR count). The van der Waals surface area contributed by atoms with Crippen LogP contribution < -0.4 is 5.32 Å². The average Bonchev–Trinajstić information content (AvgIpc) is 3.15. The molecule has 2 aromatic rings. The topological polar surface area (TPSA) is 42.7 Å². The first-order valence-electron chi connectivity index (χ1n) is 6.99. The largest absolute Gasteiger partial charge is 0.311 e. The van der Waals surface area contributed by atoms with E-state index in [-0.39, 0.29) is 6.04 Å². The third-order valence-corrected chi connectivity index (χ3v) is 3.67. The van der Waals surface area contributed by atoms with E-state index in [0.717, 1.165) is 24.7 Å². The minimum atomic E-state index is 0.228. The van der Waals surface area contributed by atoms with E-state index >= 15 is 0 Å². The smallest absolute Gasteiger partial charge is 0.0965 e. The van der Waals surface area contributed by atoms with Gasteiger partial charge in [-0.2, -0.15) is 0 Å². The Hall–Kier alpha value is -1.68. The molecule has 1 N–H and O–H groups in total. The minimum absolute atomic E-state index is 0.228. The summed E-state index contributed by atoms with van der Waals surface area (Å²) in [5.41, 5.74) is 2.27. The van der Waals surface area contributed by atoms with Gasteiger partial charge < -0.3 is 5.32 Å². The molecule has 1 aliphatic carbocycles. The van der Waals surface area contributed by atoms with Crippen LogP contribution in [-0.4, -0.2) is 21.5 Å². The van der Waals surface area contributed by atoms with Gasteiger partial charge in [0.1, 0.15) is 0 Å². The van der Waals surface area contributed by atoms with Crippen LogP contribution in [0.3, 0.4) is 0 Å². The van der Waals surface area contributed by atoms with Crippen molar-refractivity contribution in [2.24, 2.45) is 5.92 Å². The molecule has 0 radical (unpaired) electrons. The molecule has 1 atom stereocenters. The highest BCUT2D eigenvalue weighted by Crippen LogP contribution is 2.27. The van der Waals surface area contributed by atoms with E-state index in [1.54, 1.807) is 0 Å². The molecule has 0 aliphatic heterocycles. The monoisotopic (exact) mass is 256 g/mol. The first-order valence-corrected chi connectivity index (χ1v) is 6.99. The molecular weight excluding hydrogens is 236 g/mol. The van der Waals surface area contributed by atoms with Crippen molar-refractivity contribution in [3.8, 4) is 0 Å².